The lowest BCUT2D eigenvalue weighted by Crippen LogP contribution is -2.18. The first kappa shape index (κ1) is 12.7. The monoisotopic (exact) mass is 244 g/mol. The van der Waals surface area contributed by atoms with Crippen molar-refractivity contribution < 1.29 is 4.42 Å². The number of nitrogens with two attached hydrogens (primary N) is 1. The van der Waals surface area contributed by atoms with Crippen LogP contribution in [-0.2, 0) is 13.0 Å². The molecule has 0 bridgehead atoms. The second-order valence-electron chi connectivity index (χ2n) is 4.78. The lowest BCUT2D eigenvalue weighted by Gasteiger charge is -2.18. The summed E-state index contributed by atoms with van der Waals surface area (Å²) >= 11 is 0. The molecule has 0 fully saturated rings. The number of nitrogens with zero attached hydrogens (tertiary/aromatic N) is 1. The van der Waals surface area contributed by atoms with Crippen LogP contribution in [0.5, 0.6) is 0 Å². The third kappa shape index (κ3) is 3.37. The van der Waals surface area contributed by atoms with Crippen LogP contribution in [0.25, 0.3) is 0 Å². The lowest BCUT2D eigenvalue weighted by atomic mass is 10.1. The highest BCUT2D eigenvalue weighted by molar-refractivity contribution is 5.47. The first-order valence-electron chi connectivity index (χ1n) is 6.23. The molecule has 96 valence electrons. The maximum atomic E-state index is 5.79. The maximum absolute atomic E-state index is 5.79. The molecule has 0 aliphatic carbocycles. The van der Waals surface area contributed by atoms with Crippen molar-refractivity contribution >= 4 is 5.69 Å². The average Bonchev–Trinajstić information content (AvgIpc) is 2.82. The molecule has 18 heavy (non-hydrogen) atoms. The van der Waals surface area contributed by atoms with Gasteiger partial charge in [0.05, 0.1) is 12.8 Å². The molecule has 1 heterocycles. The van der Waals surface area contributed by atoms with Crippen LogP contribution in [0, 0.1) is 0 Å². The summed E-state index contributed by atoms with van der Waals surface area (Å²) in [6.45, 7) is 2.80. The number of hydrogen-bond donors (Lipinski definition) is 1. The van der Waals surface area contributed by atoms with E-state index in [0.717, 1.165) is 18.7 Å². The Morgan fingerprint density at radius 1 is 1.22 bits per heavy atom. The lowest BCUT2D eigenvalue weighted by molar-refractivity contribution is 0.507. The SMILES string of the molecule is CC(N)Cc1ccc(N(C)Cc2ccco2)cc1. The summed E-state index contributed by atoms with van der Waals surface area (Å²) in [6, 6.07) is 12.6. The Balaban J connectivity index is 2.00. The van der Waals surface area contributed by atoms with Gasteiger partial charge in [0.25, 0.3) is 0 Å². The van der Waals surface area contributed by atoms with Crippen molar-refractivity contribution in [1.82, 2.24) is 0 Å². The van der Waals surface area contributed by atoms with Crippen LogP contribution in [0.1, 0.15) is 18.2 Å². The van der Waals surface area contributed by atoms with Gasteiger partial charge in [0.1, 0.15) is 5.76 Å². The van der Waals surface area contributed by atoms with Crippen LogP contribution >= 0.6 is 0 Å². The first-order chi connectivity index (χ1) is 8.65. The smallest absolute Gasteiger partial charge is 0.123 e. The average molecular weight is 244 g/mol. The largest absolute Gasteiger partial charge is 0.467 e. The zero-order chi connectivity index (χ0) is 13.0. The molecule has 0 aliphatic heterocycles. The molecule has 1 unspecified atom stereocenters. The number of benzene rings is 1. The van der Waals surface area contributed by atoms with Gasteiger partial charge in [-0.25, -0.2) is 0 Å². The Morgan fingerprint density at radius 3 is 2.50 bits per heavy atom. The molecule has 1 aromatic heterocycles. The van der Waals surface area contributed by atoms with Crippen LogP contribution in [0.2, 0.25) is 0 Å². The molecule has 1 aromatic carbocycles. The van der Waals surface area contributed by atoms with Gasteiger partial charge in [0.15, 0.2) is 0 Å². The van der Waals surface area contributed by atoms with Crippen LogP contribution in [0.15, 0.2) is 47.1 Å². The van der Waals surface area contributed by atoms with Crippen molar-refractivity contribution in [2.45, 2.75) is 25.9 Å². The van der Waals surface area contributed by atoms with Crippen molar-refractivity contribution in [1.29, 1.82) is 0 Å². The van der Waals surface area contributed by atoms with E-state index in [1.165, 1.54) is 11.3 Å². The summed E-state index contributed by atoms with van der Waals surface area (Å²) in [4.78, 5) is 2.16. The van der Waals surface area contributed by atoms with Gasteiger partial charge in [-0.2, -0.15) is 0 Å². The molecule has 2 rings (SSSR count). The highest BCUT2D eigenvalue weighted by Crippen LogP contribution is 2.17. The third-order valence-electron chi connectivity index (χ3n) is 2.91. The van der Waals surface area contributed by atoms with Crippen LogP contribution in [0.4, 0.5) is 5.69 Å². The Kier molecular flexibility index (Phi) is 4.05. The third-order valence-corrected chi connectivity index (χ3v) is 2.91. The highest BCUT2D eigenvalue weighted by atomic mass is 16.3. The van der Waals surface area contributed by atoms with E-state index in [9.17, 15) is 0 Å². The van der Waals surface area contributed by atoms with Gasteiger partial charge in [-0.3, -0.25) is 0 Å². The molecule has 0 radical (unpaired) electrons. The molecule has 0 amide bonds. The molecule has 0 saturated carbocycles. The van der Waals surface area contributed by atoms with E-state index in [-0.39, 0.29) is 6.04 Å². The Bertz CT molecular complexity index is 460. The predicted octanol–water partition coefficient (Wildman–Crippen LogP) is 2.81. The van der Waals surface area contributed by atoms with Gasteiger partial charge in [0.2, 0.25) is 0 Å². The number of rotatable bonds is 5. The quantitative estimate of drug-likeness (QED) is 0.879. The molecule has 3 nitrogen and oxygen atoms in total. The van der Waals surface area contributed by atoms with Gasteiger partial charge in [-0.15, -0.1) is 0 Å². The van der Waals surface area contributed by atoms with E-state index in [1.54, 1.807) is 6.26 Å². The number of furan rings is 1. The van der Waals surface area contributed by atoms with Crippen LogP contribution in [0.3, 0.4) is 0 Å². The highest BCUT2D eigenvalue weighted by Gasteiger charge is 2.04. The summed E-state index contributed by atoms with van der Waals surface area (Å²) in [5.41, 5.74) is 8.25. The standard InChI is InChI=1S/C15H20N2O/c1-12(16)10-13-5-7-14(8-6-13)17(2)11-15-4-3-9-18-15/h3-9,12H,10-11,16H2,1-2H3. The van der Waals surface area contributed by atoms with Crippen molar-refractivity contribution in [3.8, 4) is 0 Å². The van der Waals surface area contributed by atoms with E-state index < -0.39 is 0 Å². The van der Waals surface area contributed by atoms with Gasteiger partial charge in [0, 0.05) is 18.8 Å². The summed E-state index contributed by atoms with van der Waals surface area (Å²) < 4.78 is 5.34. The van der Waals surface area contributed by atoms with E-state index in [2.05, 4.69) is 36.2 Å². The summed E-state index contributed by atoms with van der Waals surface area (Å²) in [7, 11) is 2.06. The van der Waals surface area contributed by atoms with E-state index in [0.29, 0.717) is 0 Å². The Morgan fingerprint density at radius 2 is 1.94 bits per heavy atom. The topological polar surface area (TPSA) is 42.4 Å². The zero-order valence-electron chi connectivity index (χ0n) is 11.0. The fourth-order valence-electron chi connectivity index (χ4n) is 1.99. The van der Waals surface area contributed by atoms with Crippen molar-refractivity contribution in [2.24, 2.45) is 5.73 Å². The molecular formula is C15H20N2O. The van der Waals surface area contributed by atoms with Gasteiger partial charge in [-0.05, 0) is 43.2 Å². The van der Waals surface area contributed by atoms with Gasteiger partial charge >= 0.3 is 0 Å². The molecule has 3 heteroatoms. The summed E-state index contributed by atoms with van der Waals surface area (Å²) in [6.07, 6.45) is 2.62. The minimum atomic E-state index is 0.205. The maximum Gasteiger partial charge on any atom is 0.123 e. The fraction of sp³-hybridized carbons (Fsp3) is 0.333. The zero-order valence-corrected chi connectivity index (χ0v) is 11.0. The van der Waals surface area contributed by atoms with Crippen molar-refractivity contribution in [3.05, 3.63) is 54.0 Å². The van der Waals surface area contributed by atoms with E-state index in [4.69, 9.17) is 10.2 Å². The second-order valence-corrected chi connectivity index (χ2v) is 4.78. The minimum Gasteiger partial charge on any atom is -0.467 e. The van der Waals surface area contributed by atoms with E-state index in [1.807, 2.05) is 19.1 Å². The van der Waals surface area contributed by atoms with Crippen molar-refractivity contribution in [2.75, 3.05) is 11.9 Å². The molecule has 1 atom stereocenters. The Labute approximate surface area is 108 Å². The Hall–Kier alpha value is -1.74. The number of hydrogen-bond acceptors (Lipinski definition) is 3. The van der Waals surface area contributed by atoms with E-state index >= 15 is 0 Å². The number of anilines is 1. The predicted molar refractivity (Wildman–Crippen MR) is 74.6 cm³/mol. The van der Waals surface area contributed by atoms with Gasteiger partial charge < -0.3 is 15.1 Å². The van der Waals surface area contributed by atoms with Gasteiger partial charge in [-0.1, -0.05) is 12.1 Å². The first-order valence-corrected chi connectivity index (χ1v) is 6.23. The summed E-state index contributed by atoms with van der Waals surface area (Å²) in [5, 5.41) is 0. The molecule has 0 aliphatic rings. The molecule has 2 N–H and O–H groups in total. The molecule has 0 spiro atoms. The second kappa shape index (κ2) is 5.74. The molecule has 0 saturated heterocycles. The van der Waals surface area contributed by atoms with Crippen LogP contribution < -0.4 is 10.6 Å². The van der Waals surface area contributed by atoms with Crippen molar-refractivity contribution in [3.63, 3.8) is 0 Å². The normalized spacial score (nSPS) is 12.4. The minimum absolute atomic E-state index is 0.205. The fourth-order valence-corrected chi connectivity index (χ4v) is 1.99. The molecular weight excluding hydrogens is 224 g/mol. The van der Waals surface area contributed by atoms with Crippen LogP contribution in [-0.4, -0.2) is 13.1 Å². The summed E-state index contributed by atoms with van der Waals surface area (Å²) in [5.74, 6) is 0.970. The molecule has 2 aromatic rings.